The average Bonchev–Trinajstić information content (AvgIpc) is 3.10. The number of hydrogen-bond donors (Lipinski definition) is 0. The van der Waals surface area contributed by atoms with Crippen molar-refractivity contribution in [2.75, 3.05) is 7.11 Å². The van der Waals surface area contributed by atoms with Gasteiger partial charge in [-0.05, 0) is 61.1 Å². The third-order valence-electron chi connectivity index (χ3n) is 5.20. The van der Waals surface area contributed by atoms with Crippen LogP contribution in [0.3, 0.4) is 0 Å². The minimum atomic E-state index is -0.365. The van der Waals surface area contributed by atoms with Crippen LogP contribution in [0.4, 0.5) is 0 Å². The first-order valence-corrected chi connectivity index (χ1v) is 8.89. The minimum Gasteiger partial charge on any atom is -0.493 e. The fraction of sp³-hybridized carbons (Fsp3) is 0.227. The maximum absolute atomic E-state index is 12.2. The van der Waals surface area contributed by atoms with E-state index in [4.69, 9.17) is 13.6 Å². The van der Waals surface area contributed by atoms with Crippen LogP contribution < -0.4 is 10.4 Å². The number of fused-ring (bicyclic) bond motifs is 3. The van der Waals surface area contributed by atoms with E-state index in [0.717, 1.165) is 29.2 Å². The molecule has 0 saturated carbocycles. The lowest BCUT2D eigenvalue weighted by molar-refractivity contribution is 0.411. The Morgan fingerprint density at radius 1 is 0.962 bits per heavy atom. The zero-order valence-electron chi connectivity index (χ0n) is 14.5. The second-order valence-corrected chi connectivity index (χ2v) is 6.79. The van der Waals surface area contributed by atoms with E-state index in [1.54, 1.807) is 7.11 Å². The van der Waals surface area contributed by atoms with Gasteiger partial charge in [-0.2, -0.15) is 0 Å². The predicted molar refractivity (Wildman–Crippen MR) is 101 cm³/mol. The highest BCUT2D eigenvalue weighted by atomic mass is 16.5. The van der Waals surface area contributed by atoms with Crippen LogP contribution in [0.1, 0.15) is 24.0 Å². The smallest absolute Gasteiger partial charge is 0.336 e. The molecule has 0 radical (unpaired) electrons. The molecule has 0 N–H and O–H groups in total. The van der Waals surface area contributed by atoms with Gasteiger partial charge in [-0.3, -0.25) is 0 Å². The molecule has 0 fully saturated rings. The zero-order chi connectivity index (χ0) is 17.7. The topological polar surface area (TPSA) is 52.6 Å². The summed E-state index contributed by atoms with van der Waals surface area (Å²) in [5.41, 5.74) is 4.34. The molecule has 0 spiro atoms. The van der Waals surface area contributed by atoms with Crippen LogP contribution in [0, 0.1) is 0 Å². The molecule has 4 nitrogen and oxygen atoms in total. The fourth-order valence-electron chi connectivity index (χ4n) is 3.93. The van der Waals surface area contributed by atoms with Crippen molar-refractivity contribution >= 4 is 21.9 Å². The summed E-state index contributed by atoms with van der Waals surface area (Å²) in [4.78, 5) is 12.2. The van der Waals surface area contributed by atoms with E-state index in [-0.39, 0.29) is 5.63 Å². The molecule has 1 aliphatic rings. The summed E-state index contributed by atoms with van der Waals surface area (Å²) in [7, 11) is 1.62. The Bertz CT molecular complexity index is 1200. The van der Waals surface area contributed by atoms with Gasteiger partial charge in [-0.15, -0.1) is 0 Å². The third kappa shape index (κ3) is 2.33. The van der Waals surface area contributed by atoms with Gasteiger partial charge in [-0.25, -0.2) is 4.79 Å². The van der Waals surface area contributed by atoms with Gasteiger partial charge in [0.1, 0.15) is 11.3 Å². The summed E-state index contributed by atoms with van der Waals surface area (Å²) >= 11 is 0. The Labute approximate surface area is 150 Å². The molecule has 1 aliphatic carbocycles. The number of methoxy groups -OCH3 is 1. The first-order valence-electron chi connectivity index (χ1n) is 8.89. The van der Waals surface area contributed by atoms with Crippen LogP contribution in [0.5, 0.6) is 5.75 Å². The molecule has 0 atom stereocenters. The first-order chi connectivity index (χ1) is 12.7. The molecule has 26 heavy (non-hydrogen) atoms. The third-order valence-corrected chi connectivity index (χ3v) is 5.20. The van der Waals surface area contributed by atoms with Gasteiger partial charge in [0.2, 0.25) is 0 Å². The van der Waals surface area contributed by atoms with E-state index >= 15 is 0 Å². The largest absolute Gasteiger partial charge is 0.493 e. The summed E-state index contributed by atoms with van der Waals surface area (Å²) in [6.45, 7) is 0. The molecule has 4 heteroatoms. The number of hydrogen-bond acceptors (Lipinski definition) is 4. The number of rotatable bonds is 2. The molecule has 0 aliphatic heterocycles. The Hall–Kier alpha value is -3.01. The van der Waals surface area contributed by atoms with Crippen molar-refractivity contribution in [2.45, 2.75) is 25.7 Å². The Morgan fingerprint density at radius 3 is 2.58 bits per heavy atom. The molecule has 0 bridgehead atoms. The van der Waals surface area contributed by atoms with E-state index < -0.39 is 0 Å². The molecule has 5 rings (SSSR count). The summed E-state index contributed by atoms with van der Waals surface area (Å²) in [5, 5.41) is 1.86. The second-order valence-electron chi connectivity index (χ2n) is 6.79. The Morgan fingerprint density at radius 2 is 1.77 bits per heavy atom. The highest BCUT2D eigenvalue weighted by Gasteiger charge is 2.17. The second kappa shape index (κ2) is 5.77. The van der Waals surface area contributed by atoms with Crippen LogP contribution in [-0.4, -0.2) is 7.11 Å². The van der Waals surface area contributed by atoms with Crippen LogP contribution >= 0.6 is 0 Å². The number of benzene rings is 2. The van der Waals surface area contributed by atoms with Gasteiger partial charge in [0.05, 0.1) is 7.11 Å². The standard InChI is InChI=1S/C22H18O4/c1-24-18-8-4-7-15-11-20(26-22(15)18)17-12-21(23)25-19-10-14-6-3-2-5-13(14)9-16(17)19/h4,7-12H,2-3,5-6H2,1H3. The van der Waals surface area contributed by atoms with Crippen molar-refractivity contribution < 1.29 is 13.6 Å². The van der Waals surface area contributed by atoms with E-state index in [0.29, 0.717) is 22.7 Å². The van der Waals surface area contributed by atoms with Crippen LogP contribution in [0.15, 0.2) is 56.1 Å². The van der Waals surface area contributed by atoms with Crippen molar-refractivity contribution in [1.82, 2.24) is 0 Å². The average molecular weight is 346 g/mol. The predicted octanol–water partition coefficient (Wildman–Crippen LogP) is 5.09. The van der Waals surface area contributed by atoms with Crippen molar-refractivity contribution in [3.8, 4) is 17.1 Å². The molecule has 130 valence electrons. The lowest BCUT2D eigenvalue weighted by Gasteiger charge is -2.16. The van der Waals surface area contributed by atoms with Gasteiger partial charge in [0, 0.05) is 22.4 Å². The summed E-state index contributed by atoms with van der Waals surface area (Å²) in [6.07, 6.45) is 4.50. The molecule has 0 saturated heterocycles. The number of furan rings is 1. The molecule has 0 unspecified atom stereocenters. The van der Waals surface area contributed by atoms with Crippen LogP contribution in [-0.2, 0) is 12.8 Å². The Kier molecular flexibility index (Phi) is 3.38. The van der Waals surface area contributed by atoms with Gasteiger partial charge in [-0.1, -0.05) is 12.1 Å². The fourth-order valence-corrected chi connectivity index (χ4v) is 3.93. The van der Waals surface area contributed by atoms with E-state index in [9.17, 15) is 4.79 Å². The summed E-state index contributed by atoms with van der Waals surface area (Å²) in [6, 6.07) is 13.4. The van der Waals surface area contributed by atoms with Gasteiger partial charge in [0.15, 0.2) is 11.3 Å². The van der Waals surface area contributed by atoms with E-state index in [1.807, 2.05) is 30.3 Å². The van der Waals surface area contributed by atoms with Crippen molar-refractivity contribution in [3.05, 3.63) is 64.0 Å². The lowest BCUT2D eigenvalue weighted by Crippen LogP contribution is -2.04. The molecule has 2 aromatic heterocycles. The quantitative estimate of drug-likeness (QED) is 0.474. The van der Waals surface area contributed by atoms with Crippen molar-refractivity contribution in [3.63, 3.8) is 0 Å². The minimum absolute atomic E-state index is 0.365. The highest BCUT2D eigenvalue weighted by Crippen LogP contribution is 2.37. The normalized spacial score (nSPS) is 13.9. The molecule has 0 amide bonds. The molecular formula is C22H18O4. The molecular weight excluding hydrogens is 328 g/mol. The molecule has 4 aromatic rings. The SMILES string of the molecule is COc1cccc2cc(-c3cc(=O)oc4cc5c(cc34)CCCC5)oc12. The Balaban J connectivity index is 1.79. The maximum atomic E-state index is 12.2. The van der Waals surface area contributed by atoms with Crippen molar-refractivity contribution in [2.24, 2.45) is 0 Å². The van der Waals surface area contributed by atoms with Crippen molar-refractivity contribution in [1.29, 1.82) is 0 Å². The summed E-state index contributed by atoms with van der Waals surface area (Å²) in [5.74, 6) is 1.33. The van der Waals surface area contributed by atoms with Crippen LogP contribution in [0.25, 0.3) is 33.3 Å². The van der Waals surface area contributed by atoms with Crippen LogP contribution in [0.2, 0.25) is 0 Å². The first kappa shape index (κ1) is 15.3. The van der Waals surface area contributed by atoms with E-state index in [2.05, 4.69) is 6.07 Å². The monoisotopic (exact) mass is 346 g/mol. The zero-order valence-corrected chi connectivity index (χ0v) is 14.5. The van der Waals surface area contributed by atoms with Gasteiger partial charge >= 0.3 is 5.63 Å². The number of aryl methyl sites for hydroxylation is 2. The number of ether oxygens (including phenoxy) is 1. The molecule has 2 heterocycles. The van der Waals surface area contributed by atoms with Gasteiger partial charge in [0.25, 0.3) is 0 Å². The molecule has 2 aromatic carbocycles. The maximum Gasteiger partial charge on any atom is 0.336 e. The van der Waals surface area contributed by atoms with E-state index in [1.165, 1.54) is 30.0 Å². The summed E-state index contributed by atoms with van der Waals surface area (Å²) < 4.78 is 17.0. The number of para-hydroxylation sites is 1. The highest BCUT2D eigenvalue weighted by molar-refractivity contribution is 5.96. The van der Waals surface area contributed by atoms with Gasteiger partial charge < -0.3 is 13.6 Å². The lowest BCUT2D eigenvalue weighted by atomic mass is 9.89.